The van der Waals surface area contributed by atoms with E-state index < -0.39 is 0 Å². The molecule has 0 aliphatic rings. The SMILES string of the molecule is CCOc1ccc(C(=O)N[C@@H](C[NH+](C)C)c2ccccc2)cc1OC. The first-order valence-electron chi connectivity index (χ1n) is 8.50. The van der Waals surface area contributed by atoms with Gasteiger partial charge in [0, 0.05) is 5.56 Å². The molecule has 0 spiro atoms. The summed E-state index contributed by atoms with van der Waals surface area (Å²) < 4.78 is 10.8. The molecule has 0 unspecified atom stereocenters. The highest BCUT2D eigenvalue weighted by atomic mass is 16.5. The summed E-state index contributed by atoms with van der Waals surface area (Å²) in [7, 11) is 5.71. The Hall–Kier alpha value is -2.53. The Kier molecular flexibility index (Phi) is 6.83. The smallest absolute Gasteiger partial charge is 0.252 e. The second-order valence-electron chi connectivity index (χ2n) is 6.15. The van der Waals surface area contributed by atoms with Gasteiger partial charge in [0.05, 0.1) is 27.8 Å². The lowest BCUT2D eigenvalue weighted by Crippen LogP contribution is -3.06. The molecule has 0 saturated carbocycles. The normalized spacial score (nSPS) is 11.9. The van der Waals surface area contributed by atoms with E-state index in [4.69, 9.17) is 9.47 Å². The van der Waals surface area contributed by atoms with Gasteiger partial charge in [-0.3, -0.25) is 4.79 Å². The second-order valence-corrected chi connectivity index (χ2v) is 6.15. The molecule has 25 heavy (non-hydrogen) atoms. The Morgan fingerprint density at radius 1 is 1.12 bits per heavy atom. The van der Waals surface area contributed by atoms with Gasteiger partial charge in [-0.1, -0.05) is 30.3 Å². The molecule has 1 atom stereocenters. The summed E-state index contributed by atoms with van der Waals surface area (Å²) >= 11 is 0. The van der Waals surface area contributed by atoms with Crippen LogP contribution in [0.5, 0.6) is 11.5 Å². The zero-order valence-corrected chi connectivity index (χ0v) is 15.3. The van der Waals surface area contributed by atoms with E-state index in [1.165, 1.54) is 4.90 Å². The number of hydrogen-bond acceptors (Lipinski definition) is 3. The van der Waals surface area contributed by atoms with Crippen LogP contribution in [-0.4, -0.2) is 40.3 Å². The highest BCUT2D eigenvalue weighted by Gasteiger charge is 2.19. The van der Waals surface area contributed by atoms with Gasteiger partial charge in [0.1, 0.15) is 12.6 Å². The van der Waals surface area contributed by atoms with E-state index >= 15 is 0 Å². The van der Waals surface area contributed by atoms with Gasteiger partial charge in [-0.2, -0.15) is 0 Å². The van der Waals surface area contributed by atoms with Crippen molar-refractivity contribution in [3.05, 3.63) is 59.7 Å². The van der Waals surface area contributed by atoms with Crippen LogP contribution in [0, 0.1) is 0 Å². The molecule has 0 saturated heterocycles. The first-order chi connectivity index (χ1) is 12.0. The van der Waals surface area contributed by atoms with Crippen molar-refractivity contribution in [2.24, 2.45) is 0 Å². The molecule has 5 nitrogen and oxygen atoms in total. The van der Waals surface area contributed by atoms with E-state index in [-0.39, 0.29) is 11.9 Å². The lowest BCUT2D eigenvalue weighted by Gasteiger charge is -2.21. The monoisotopic (exact) mass is 343 g/mol. The maximum atomic E-state index is 12.7. The number of hydrogen-bond donors (Lipinski definition) is 2. The Balaban J connectivity index is 2.20. The Morgan fingerprint density at radius 3 is 2.44 bits per heavy atom. The van der Waals surface area contributed by atoms with Gasteiger partial charge < -0.3 is 19.7 Å². The zero-order chi connectivity index (χ0) is 18.2. The van der Waals surface area contributed by atoms with Gasteiger partial charge in [-0.15, -0.1) is 0 Å². The molecule has 0 radical (unpaired) electrons. The molecule has 2 rings (SSSR count). The van der Waals surface area contributed by atoms with Crippen molar-refractivity contribution in [3.8, 4) is 11.5 Å². The fourth-order valence-corrected chi connectivity index (χ4v) is 2.67. The van der Waals surface area contributed by atoms with E-state index in [0.29, 0.717) is 23.7 Å². The molecule has 5 heteroatoms. The van der Waals surface area contributed by atoms with Crippen LogP contribution in [0.2, 0.25) is 0 Å². The first-order valence-corrected chi connectivity index (χ1v) is 8.50. The number of likely N-dealkylation sites (N-methyl/N-ethyl adjacent to an activating group) is 1. The average Bonchev–Trinajstić information content (AvgIpc) is 2.62. The molecular weight excluding hydrogens is 316 g/mol. The van der Waals surface area contributed by atoms with Crippen LogP contribution in [0.1, 0.15) is 28.9 Å². The first kappa shape index (κ1) is 18.8. The van der Waals surface area contributed by atoms with Crippen molar-refractivity contribution >= 4 is 5.91 Å². The summed E-state index contributed by atoms with van der Waals surface area (Å²) in [5, 5.41) is 3.13. The Bertz CT molecular complexity index is 687. The zero-order valence-electron chi connectivity index (χ0n) is 15.3. The minimum atomic E-state index is -0.128. The summed E-state index contributed by atoms with van der Waals surface area (Å²) in [6.45, 7) is 3.25. The lowest BCUT2D eigenvalue weighted by atomic mass is 10.1. The van der Waals surface area contributed by atoms with E-state index in [1.807, 2.05) is 37.3 Å². The van der Waals surface area contributed by atoms with Crippen LogP contribution in [0.4, 0.5) is 0 Å². The third-order valence-electron chi connectivity index (χ3n) is 3.85. The Labute approximate surface area is 149 Å². The van der Waals surface area contributed by atoms with Gasteiger partial charge >= 0.3 is 0 Å². The van der Waals surface area contributed by atoms with Gasteiger partial charge in [0.15, 0.2) is 11.5 Å². The van der Waals surface area contributed by atoms with Gasteiger partial charge in [-0.25, -0.2) is 0 Å². The molecule has 134 valence electrons. The summed E-state index contributed by atoms with van der Waals surface area (Å²) in [6, 6.07) is 15.2. The van der Waals surface area contributed by atoms with Crippen LogP contribution in [0.15, 0.2) is 48.5 Å². The second kappa shape index (κ2) is 9.08. The van der Waals surface area contributed by atoms with Crippen molar-refractivity contribution in [1.82, 2.24) is 5.32 Å². The van der Waals surface area contributed by atoms with E-state index in [0.717, 1.165) is 12.1 Å². The third-order valence-corrected chi connectivity index (χ3v) is 3.85. The minimum absolute atomic E-state index is 0.0590. The van der Waals surface area contributed by atoms with E-state index in [9.17, 15) is 4.79 Å². The maximum absolute atomic E-state index is 12.7. The van der Waals surface area contributed by atoms with Crippen LogP contribution in [0.3, 0.4) is 0 Å². The number of methoxy groups -OCH3 is 1. The van der Waals surface area contributed by atoms with Crippen LogP contribution < -0.4 is 19.7 Å². The standard InChI is InChI=1S/C20H26N2O3/c1-5-25-18-12-11-16(13-19(18)24-4)20(23)21-17(14-22(2)3)15-9-7-6-8-10-15/h6-13,17H,5,14H2,1-4H3,(H,21,23)/p+1/t17-/m0/s1. The number of carbonyl (C=O) groups excluding carboxylic acids is 1. The maximum Gasteiger partial charge on any atom is 0.252 e. The number of carbonyl (C=O) groups is 1. The Morgan fingerprint density at radius 2 is 1.84 bits per heavy atom. The highest BCUT2D eigenvalue weighted by Crippen LogP contribution is 2.28. The van der Waals surface area contributed by atoms with Gasteiger partial charge in [-0.05, 0) is 30.7 Å². The number of benzene rings is 2. The number of quaternary nitrogens is 1. The van der Waals surface area contributed by atoms with Crippen LogP contribution in [0.25, 0.3) is 0 Å². The van der Waals surface area contributed by atoms with Crippen molar-refractivity contribution < 1.29 is 19.2 Å². The van der Waals surface area contributed by atoms with Crippen LogP contribution in [-0.2, 0) is 0 Å². The van der Waals surface area contributed by atoms with Crippen molar-refractivity contribution in [2.45, 2.75) is 13.0 Å². The van der Waals surface area contributed by atoms with E-state index in [1.54, 1.807) is 25.3 Å². The molecule has 2 aromatic carbocycles. The minimum Gasteiger partial charge on any atom is -0.493 e. The van der Waals surface area contributed by atoms with Gasteiger partial charge in [0.25, 0.3) is 5.91 Å². The molecule has 0 fully saturated rings. The predicted molar refractivity (Wildman–Crippen MR) is 98.5 cm³/mol. The van der Waals surface area contributed by atoms with Gasteiger partial charge in [0.2, 0.25) is 0 Å². The molecule has 0 aromatic heterocycles. The molecule has 0 aliphatic carbocycles. The summed E-state index contributed by atoms with van der Waals surface area (Å²) in [5.74, 6) is 1.07. The van der Waals surface area contributed by atoms with Crippen LogP contribution >= 0.6 is 0 Å². The molecule has 0 bridgehead atoms. The van der Waals surface area contributed by atoms with Crippen molar-refractivity contribution in [1.29, 1.82) is 0 Å². The molecular formula is C20H27N2O3+. The number of amides is 1. The number of rotatable bonds is 8. The molecule has 0 heterocycles. The summed E-state index contributed by atoms with van der Waals surface area (Å²) in [4.78, 5) is 14.0. The topological polar surface area (TPSA) is 52.0 Å². The molecule has 1 amide bonds. The quantitative estimate of drug-likeness (QED) is 0.767. The fraction of sp³-hybridized carbons (Fsp3) is 0.350. The van der Waals surface area contributed by atoms with Crippen molar-refractivity contribution in [2.75, 3.05) is 34.4 Å². The van der Waals surface area contributed by atoms with Crippen molar-refractivity contribution in [3.63, 3.8) is 0 Å². The fourth-order valence-electron chi connectivity index (χ4n) is 2.67. The summed E-state index contributed by atoms with van der Waals surface area (Å²) in [5.41, 5.74) is 1.64. The number of ether oxygens (including phenoxy) is 2. The molecule has 2 aromatic rings. The molecule has 0 aliphatic heterocycles. The average molecular weight is 343 g/mol. The van der Waals surface area contributed by atoms with E-state index in [2.05, 4.69) is 19.4 Å². The lowest BCUT2D eigenvalue weighted by molar-refractivity contribution is -0.860. The third kappa shape index (κ3) is 5.22. The molecule has 2 N–H and O–H groups in total. The predicted octanol–water partition coefficient (Wildman–Crippen LogP) is 1.71. The largest absolute Gasteiger partial charge is 0.493 e. The highest BCUT2D eigenvalue weighted by molar-refractivity contribution is 5.95. The number of nitrogens with one attached hydrogen (secondary N) is 2. The summed E-state index contributed by atoms with van der Waals surface area (Å²) in [6.07, 6.45) is 0.